The van der Waals surface area contributed by atoms with Crippen molar-refractivity contribution in [1.82, 2.24) is 9.97 Å². The fourth-order valence-electron chi connectivity index (χ4n) is 11.3. The zero-order valence-corrected chi connectivity index (χ0v) is 39.3. The lowest BCUT2D eigenvalue weighted by atomic mass is 9.74. The van der Waals surface area contributed by atoms with Crippen molar-refractivity contribution in [2.75, 3.05) is 11.6 Å². The third-order valence-electron chi connectivity index (χ3n) is 14.6. The highest BCUT2D eigenvalue weighted by atomic mass is 32.2. The lowest BCUT2D eigenvalue weighted by Gasteiger charge is -2.30. The standard InChI is InChI=1S/C54H43N3S3.CH4S/c1-52(2)37-21-28(49-55-43-13-7-10-16-46(43)58-49)19-20-29(37)31-23-39-33(25-38(31)52)34-26-40-32(24-41(34)53(39,3)4)30-22-35(50-56-44-14-8-11-17-47(44)59-50)36(27-42(30)54(40,5)6)51-57-45-15-9-12-18-48(45)60-51;1-2/h7-26,36,49,55H,27H2,1-6H3;2H,1H3. The molecule has 13 rings (SSSR count). The average molecular weight is 878 g/mol. The number of nitrogens with zero attached hydrogens (tertiary/aromatic N) is 2. The number of rotatable bonds is 3. The molecule has 2 unspecified atom stereocenters. The second-order valence-electron chi connectivity index (χ2n) is 19.0. The number of fused-ring (bicyclic) bond motifs is 11. The summed E-state index contributed by atoms with van der Waals surface area (Å²) in [5.74, 6) is 0.143. The lowest BCUT2D eigenvalue weighted by Crippen LogP contribution is -2.21. The molecular formula is C55H47N3S4. The predicted molar refractivity (Wildman–Crippen MR) is 270 cm³/mol. The van der Waals surface area contributed by atoms with Gasteiger partial charge in [-0.25, -0.2) is 9.97 Å². The predicted octanol–water partition coefficient (Wildman–Crippen LogP) is 15.6. The first-order valence-electron chi connectivity index (χ1n) is 21.6. The molecule has 0 fully saturated rings. The van der Waals surface area contributed by atoms with Crippen molar-refractivity contribution in [3.05, 3.63) is 176 Å². The van der Waals surface area contributed by atoms with Gasteiger partial charge in [-0.2, -0.15) is 12.6 Å². The Bertz CT molecular complexity index is 3210. The highest BCUT2D eigenvalue weighted by Gasteiger charge is 2.47. The van der Waals surface area contributed by atoms with Crippen LogP contribution in [0.2, 0.25) is 0 Å². The third kappa shape index (κ3) is 5.38. The van der Waals surface area contributed by atoms with Gasteiger partial charge in [-0.05, 0) is 152 Å². The van der Waals surface area contributed by atoms with E-state index in [4.69, 9.17) is 9.97 Å². The quantitative estimate of drug-likeness (QED) is 0.173. The van der Waals surface area contributed by atoms with E-state index in [1.807, 2.05) is 34.4 Å². The van der Waals surface area contributed by atoms with Crippen LogP contribution in [-0.2, 0) is 16.2 Å². The van der Waals surface area contributed by atoms with Crippen LogP contribution < -0.4 is 5.32 Å². The molecule has 6 aromatic carbocycles. The molecule has 0 amide bonds. The molecular weight excluding hydrogens is 831 g/mol. The largest absolute Gasteiger partial charge is 0.368 e. The number of anilines is 1. The van der Waals surface area contributed by atoms with Crippen molar-refractivity contribution in [2.24, 2.45) is 0 Å². The van der Waals surface area contributed by atoms with Crippen LogP contribution in [0.3, 0.4) is 0 Å². The topological polar surface area (TPSA) is 37.8 Å². The van der Waals surface area contributed by atoms with Gasteiger partial charge in [-0.3, -0.25) is 0 Å². The zero-order valence-electron chi connectivity index (χ0n) is 36.0. The smallest absolute Gasteiger partial charge is 0.121 e. The summed E-state index contributed by atoms with van der Waals surface area (Å²) >= 11 is 9.11. The first-order chi connectivity index (χ1) is 29.9. The molecule has 0 saturated carbocycles. The van der Waals surface area contributed by atoms with Crippen LogP contribution in [0.1, 0.15) is 108 Å². The second kappa shape index (κ2) is 13.5. The summed E-state index contributed by atoms with van der Waals surface area (Å²) in [6.45, 7) is 14.7. The van der Waals surface area contributed by atoms with Crippen molar-refractivity contribution < 1.29 is 0 Å². The van der Waals surface area contributed by atoms with Crippen molar-refractivity contribution >= 4 is 84.3 Å². The summed E-state index contributed by atoms with van der Waals surface area (Å²) in [5, 5.41) is 6.29. The van der Waals surface area contributed by atoms with Gasteiger partial charge in [0.25, 0.3) is 0 Å². The number of allylic oxidation sites excluding steroid dienone is 4. The van der Waals surface area contributed by atoms with Crippen molar-refractivity contribution in [3.63, 3.8) is 0 Å². The molecule has 4 aliphatic carbocycles. The minimum atomic E-state index is -0.150. The molecule has 0 spiro atoms. The molecule has 0 bridgehead atoms. The molecule has 2 atom stereocenters. The SMILES string of the molecule is CC1(C)C2=C(C=C(c3nc4ccccc4s3)C(c3nc4ccccc4s3)C2)c2cc3c(cc21)-c1cc2c(cc1C3(C)C)-c1ccc(C3Nc4ccccc4S3)cc1C2(C)C.CS. The molecule has 2 aromatic heterocycles. The highest BCUT2D eigenvalue weighted by Crippen LogP contribution is 2.62. The summed E-state index contributed by atoms with van der Waals surface area (Å²) in [7, 11) is 0. The Labute approximate surface area is 381 Å². The maximum Gasteiger partial charge on any atom is 0.121 e. The maximum atomic E-state index is 5.29. The number of aromatic nitrogens is 2. The minimum Gasteiger partial charge on any atom is -0.368 e. The molecule has 62 heavy (non-hydrogen) atoms. The van der Waals surface area contributed by atoms with Crippen LogP contribution in [0.5, 0.6) is 0 Å². The van der Waals surface area contributed by atoms with E-state index in [1.165, 1.54) is 103 Å². The molecule has 306 valence electrons. The maximum absolute atomic E-state index is 5.29. The number of hydrogen-bond acceptors (Lipinski definition) is 7. The number of thioether (sulfide) groups is 1. The van der Waals surface area contributed by atoms with E-state index in [-0.39, 0.29) is 27.5 Å². The van der Waals surface area contributed by atoms with Gasteiger partial charge in [0.15, 0.2) is 0 Å². The Morgan fingerprint density at radius 1 is 0.581 bits per heavy atom. The van der Waals surface area contributed by atoms with Gasteiger partial charge in [0.1, 0.15) is 15.4 Å². The van der Waals surface area contributed by atoms with E-state index < -0.39 is 0 Å². The van der Waals surface area contributed by atoms with Gasteiger partial charge in [-0.1, -0.05) is 113 Å². The van der Waals surface area contributed by atoms with Gasteiger partial charge >= 0.3 is 0 Å². The Kier molecular flexibility index (Phi) is 8.46. The van der Waals surface area contributed by atoms with E-state index in [0.29, 0.717) is 0 Å². The first-order valence-corrected chi connectivity index (χ1v) is 25.0. The van der Waals surface area contributed by atoms with E-state index in [9.17, 15) is 0 Å². The van der Waals surface area contributed by atoms with Crippen LogP contribution >= 0.6 is 47.1 Å². The summed E-state index contributed by atoms with van der Waals surface area (Å²) in [6.07, 6.45) is 5.15. The van der Waals surface area contributed by atoms with Gasteiger partial charge in [0.05, 0.1) is 20.4 Å². The van der Waals surface area contributed by atoms with Crippen LogP contribution in [0.25, 0.3) is 53.8 Å². The van der Waals surface area contributed by atoms with Crippen LogP contribution in [0.15, 0.2) is 132 Å². The number of hydrogen-bond donors (Lipinski definition) is 2. The van der Waals surface area contributed by atoms with E-state index in [1.54, 1.807) is 6.26 Å². The normalized spacial score (nSPS) is 20.0. The van der Waals surface area contributed by atoms with Gasteiger partial charge in [0, 0.05) is 32.7 Å². The van der Waals surface area contributed by atoms with Crippen LogP contribution in [0.4, 0.5) is 5.69 Å². The number of para-hydroxylation sites is 3. The summed E-state index contributed by atoms with van der Waals surface area (Å²) < 4.78 is 2.48. The van der Waals surface area contributed by atoms with Crippen LogP contribution in [-0.4, -0.2) is 16.2 Å². The molecule has 5 aliphatic rings. The number of thiazole rings is 2. The molecule has 0 saturated heterocycles. The Morgan fingerprint density at radius 2 is 1.15 bits per heavy atom. The first kappa shape index (κ1) is 38.7. The Hall–Kier alpha value is -4.92. The Morgan fingerprint density at radius 3 is 1.81 bits per heavy atom. The number of nitrogens with one attached hydrogen (secondary N) is 1. The van der Waals surface area contributed by atoms with E-state index in [0.717, 1.165) is 22.5 Å². The van der Waals surface area contributed by atoms with Gasteiger partial charge in [-0.15, -0.1) is 22.7 Å². The fraction of sp³-hybridized carbons (Fsp3) is 0.236. The third-order valence-corrected chi connectivity index (χ3v) is 18.1. The number of thiol groups is 1. The molecule has 0 radical (unpaired) electrons. The molecule has 3 nitrogen and oxygen atoms in total. The minimum absolute atomic E-state index is 0.118. The zero-order chi connectivity index (χ0) is 42.4. The summed E-state index contributed by atoms with van der Waals surface area (Å²) in [5.41, 5.74) is 22.7. The molecule has 1 N–H and O–H groups in total. The lowest BCUT2D eigenvalue weighted by molar-refractivity contribution is 0.593. The second-order valence-corrected chi connectivity index (χ2v) is 22.2. The van der Waals surface area contributed by atoms with E-state index >= 15 is 0 Å². The van der Waals surface area contributed by atoms with Gasteiger partial charge < -0.3 is 5.32 Å². The van der Waals surface area contributed by atoms with Gasteiger partial charge in [0.2, 0.25) is 0 Å². The van der Waals surface area contributed by atoms with E-state index in [2.05, 4.69) is 181 Å². The molecule has 1 aliphatic heterocycles. The average Bonchev–Trinajstić information content (AvgIpc) is 4.13. The summed E-state index contributed by atoms with van der Waals surface area (Å²) in [4.78, 5) is 11.9. The summed E-state index contributed by atoms with van der Waals surface area (Å²) in [6, 6.07) is 43.4. The number of benzene rings is 6. The van der Waals surface area contributed by atoms with Crippen LogP contribution in [0, 0.1) is 0 Å². The van der Waals surface area contributed by atoms with Crippen molar-refractivity contribution in [1.29, 1.82) is 0 Å². The molecule has 3 heterocycles. The van der Waals surface area contributed by atoms with Crippen molar-refractivity contribution in [3.8, 4) is 22.3 Å². The monoisotopic (exact) mass is 877 g/mol. The van der Waals surface area contributed by atoms with Crippen molar-refractivity contribution in [2.45, 2.75) is 80.4 Å². The molecule has 8 aromatic rings. The fourth-order valence-corrected chi connectivity index (χ4v) is 14.5. The Balaban J connectivity index is 0.00000202. The molecule has 7 heteroatoms. The highest BCUT2D eigenvalue weighted by molar-refractivity contribution is 8.00.